The molecule has 0 spiro atoms. The largest absolute Gasteiger partial charge is 0.484 e. The van der Waals surface area contributed by atoms with Crippen molar-refractivity contribution in [2.45, 2.75) is 31.0 Å². The van der Waals surface area contributed by atoms with E-state index in [9.17, 15) is 22.8 Å². The minimum absolute atomic E-state index is 0.0322. The van der Waals surface area contributed by atoms with E-state index in [1.807, 2.05) is 13.8 Å². The summed E-state index contributed by atoms with van der Waals surface area (Å²) in [6.07, 6.45) is -4.42. The van der Waals surface area contributed by atoms with Crippen LogP contribution in [-0.4, -0.2) is 36.4 Å². The zero-order chi connectivity index (χ0) is 21.4. The molecule has 0 saturated heterocycles. The molecule has 0 aromatic heterocycles. The smallest absolute Gasteiger partial charge is 0.422 e. The van der Waals surface area contributed by atoms with Crippen molar-refractivity contribution in [3.8, 4) is 5.75 Å². The molecular formula is C20H21F3N2O3S. The topological polar surface area (TPSA) is 67.4 Å². The molecule has 0 aliphatic rings. The molecule has 156 valence electrons. The van der Waals surface area contributed by atoms with E-state index in [2.05, 4.69) is 15.4 Å². The number of ether oxygens (including phenoxy) is 1. The number of halogens is 3. The summed E-state index contributed by atoms with van der Waals surface area (Å²) in [5, 5.41) is 5.47. The maximum Gasteiger partial charge on any atom is 0.422 e. The zero-order valence-corrected chi connectivity index (χ0v) is 16.7. The molecule has 0 aliphatic heterocycles. The number of benzene rings is 2. The Bertz CT molecular complexity index is 840. The van der Waals surface area contributed by atoms with Gasteiger partial charge in [-0.3, -0.25) is 9.59 Å². The predicted octanol–water partition coefficient (Wildman–Crippen LogP) is 4.50. The summed E-state index contributed by atoms with van der Waals surface area (Å²) in [7, 11) is 0. The molecule has 2 aromatic carbocycles. The number of alkyl halides is 3. The number of hydrogen-bond acceptors (Lipinski definition) is 4. The van der Waals surface area contributed by atoms with Gasteiger partial charge in [0, 0.05) is 16.6 Å². The van der Waals surface area contributed by atoms with Crippen LogP contribution in [0, 0.1) is 0 Å². The lowest BCUT2D eigenvalue weighted by Gasteiger charge is -2.12. The van der Waals surface area contributed by atoms with Crippen LogP contribution in [0.3, 0.4) is 0 Å². The third-order valence-electron chi connectivity index (χ3n) is 3.45. The lowest BCUT2D eigenvalue weighted by molar-refractivity contribution is -0.153. The highest BCUT2D eigenvalue weighted by atomic mass is 32.2. The summed E-state index contributed by atoms with van der Waals surface area (Å²) in [6.45, 7) is 2.35. The van der Waals surface area contributed by atoms with E-state index in [0.717, 1.165) is 0 Å². The summed E-state index contributed by atoms with van der Waals surface area (Å²) in [5.41, 5.74) is 0.805. The van der Waals surface area contributed by atoms with Crippen LogP contribution in [-0.2, 0) is 4.79 Å². The molecule has 0 bridgehead atoms. The maximum atomic E-state index is 12.6. The first-order chi connectivity index (χ1) is 13.6. The lowest BCUT2D eigenvalue weighted by Crippen LogP contribution is -2.31. The van der Waals surface area contributed by atoms with Gasteiger partial charge >= 0.3 is 6.18 Å². The number of hydrogen-bond donors (Lipinski definition) is 2. The van der Waals surface area contributed by atoms with Crippen molar-refractivity contribution < 1.29 is 27.5 Å². The molecule has 2 N–H and O–H groups in total. The molecule has 2 rings (SSSR count). The number of rotatable bonds is 8. The molecule has 0 radical (unpaired) electrons. The van der Waals surface area contributed by atoms with Crippen molar-refractivity contribution in [1.29, 1.82) is 0 Å². The highest BCUT2D eigenvalue weighted by molar-refractivity contribution is 8.00. The van der Waals surface area contributed by atoms with Crippen LogP contribution in [0.1, 0.15) is 24.2 Å². The quantitative estimate of drug-likeness (QED) is 0.610. The van der Waals surface area contributed by atoms with Gasteiger partial charge in [0.15, 0.2) is 6.61 Å². The molecule has 9 heteroatoms. The van der Waals surface area contributed by atoms with E-state index < -0.39 is 12.8 Å². The molecule has 0 unspecified atom stereocenters. The van der Waals surface area contributed by atoms with Crippen molar-refractivity contribution in [1.82, 2.24) is 5.32 Å². The molecule has 0 heterocycles. The number of amides is 2. The highest BCUT2D eigenvalue weighted by Crippen LogP contribution is 2.24. The molecule has 0 saturated carbocycles. The zero-order valence-electron chi connectivity index (χ0n) is 15.9. The van der Waals surface area contributed by atoms with Gasteiger partial charge < -0.3 is 15.4 Å². The van der Waals surface area contributed by atoms with Crippen LogP contribution in [0.5, 0.6) is 5.75 Å². The normalized spacial score (nSPS) is 11.2. The third-order valence-corrected chi connectivity index (χ3v) is 4.53. The van der Waals surface area contributed by atoms with Gasteiger partial charge in [-0.25, -0.2) is 0 Å². The Hall–Kier alpha value is -2.68. The molecular weight excluding hydrogens is 405 g/mol. The molecule has 0 atom stereocenters. The summed E-state index contributed by atoms with van der Waals surface area (Å²) in [5.74, 6) is -0.295. The van der Waals surface area contributed by atoms with Crippen molar-refractivity contribution >= 4 is 29.3 Å². The number of anilines is 1. The predicted molar refractivity (Wildman–Crippen MR) is 106 cm³/mol. The van der Waals surface area contributed by atoms with E-state index >= 15 is 0 Å². The van der Waals surface area contributed by atoms with Gasteiger partial charge in [-0.15, -0.1) is 11.8 Å². The van der Waals surface area contributed by atoms with Crippen molar-refractivity contribution in [3.05, 3.63) is 54.1 Å². The van der Waals surface area contributed by atoms with Crippen LogP contribution in [0.4, 0.5) is 18.9 Å². The van der Waals surface area contributed by atoms with Crippen molar-refractivity contribution in [3.63, 3.8) is 0 Å². The van der Waals surface area contributed by atoms with E-state index in [1.54, 1.807) is 24.3 Å². The van der Waals surface area contributed by atoms with Crippen LogP contribution >= 0.6 is 11.8 Å². The van der Waals surface area contributed by atoms with Gasteiger partial charge in [-0.1, -0.05) is 12.1 Å². The third kappa shape index (κ3) is 8.06. The average Bonchev–Trinajstić information content (AvgIpc) is 2.65. The fraction of sp³-hybridized carbons (Fsp3) is 0.300. The SMILES string of the molecule is CC(C)NC(=O)CSc1ccccc1C(=O)Nc1ccc(OCC(F)(F)F)cc1. The van der Waals surface area contributed by atoms with Crippen LogP contribution in [0.25, 0.3) is 0 Å². The first-order valence-corrected chi connectivity index (χ1v) is 9.75. The summed E-state index contributed by atoms with van der Waals surface area (Å²) >= 11 is 1.25. The van der Waals surface area contributed by atoms with Crippen LogP contribution in [0.15, 0.2) is 53.4 Å². The number of carbonyl (C=O) groups is 2. The Kier molecular flexibility index (Phi) is 7.95. The Balaban J connectivity index is 1.99. The second-order valence-electron chi connectivity index (χ2n) is 6.39. The van der Waals surface area contributed by atoms with Gasteiger partial charge in [0.2, 0.25) is 5.91 Å². The number of thioether (sulfide) groups is 1. The minimum atomic E-state index is -4.42. The van der Waals surface area contributed by atoms with Crippen LogP contribution < -0.4 is 15.4 Å². The molecule has 0 aliphatic carbocycles. The highest BCUT2D eigenvalue weighted by Gasteiger charge is 2.28. The fourth-order valence-corrected chi connectivity index (χ4v) is 3.15. The van der Waals surface area contributed by atoms with Crippen molar-refractivity contribution in [2.24, 2.45) is 0 Å². The first kappa shape index (κ1) is 22.6. The van der Waals surface area contributed by atoms with Crippen molar-refractivity contribution in [2.75, 3.05) is 17.7 Å². The Morgan fingerprint density at radius 2 is 1.72 bits per heavy atom. The van der Waals surface area contributed by atoms with Crippen LogP contribution in [0.2, 0.25) is 0 Å². The number of nitrogens with one attached hydrogen (secondary N) is 2. The standard InChI is InChI=1S/C20H21F3N2O3S/c1-13(2)24-18(26)11-29-17-6-4-3-5-16(17)19(27)25-14-7-9-15(10-8-14)28-12-20(21,22)23/h3-10,13H,11-12H2,1-2H3,(H,24,26)(H,25,27). The van der Waals surface area contributed by atoms with Gasteiger partial charge in [0.05, 0.1) is 11.3 Å². The molecule has 2 amide bonds. The van der Waals surface area contributed by atoms with Gasteiger partial charge in [-0.2, -0.15) is 13.2 Å². The fourth-order valence-electron chi connectivity index (χ4n) is 2.29. The average molecular weight is 426 g/mol. The van der Waals surface area contributed by atoms with Gasteiger partial charge in [-0.05, 0) is 50.2 Å². The second-order valence-corrected chi connectivity index (χ2v) is 7.41. The summed E-state index contributed by atoms with van der Waals surface area (Å²) in [4.78, 5) is 25.1. The van der Waals surface area contributed by atoms with Gasteiger partial charge in [0.1, 0.15) is 5.75 Å². The second kappa shape index (κ2) is 10.2. The van der Waals surface area contributed by atoms with E-state index in [-0.39, 0.29) is 29.4 Å². The summed E-state index contributed by atoms with van der Waals surface area (Å²) < 4.78 is 41.2. The Morgan fingerprint density at radius 3 is 2.34 bits per heavy atom. The maximum absolute atomic E-state index is 12.6. The number of carbonyl (C=O) groups excluding carboxylic acids is 2. The Morgan fingerprint density at radius 1 is 1.07 bits per heavy atom. The minimum Gasteiger partial charge on any atom is -0.484 e. The molecule has 29 heavy (non-hydrogen) atoms. The van der Waals surface area contributed by atoms with Gasteiger partial charge in [0.25, 0.3) is 5.91 Å². The van der Waals surface area contributed by atoms with E-state index in [4.69, 9.17) is 0 Å². The summed E-state index contributed by atoms with van der Waals surface area (Å²) in [6, 6.07) is 12.5. The van der Waals surface area contributed by atoms with E-state index in [1.165, 1.54) is 36.0 Å². The molecule has 5 nitrogen and oxygen atoms in total. The first-order valence-electron chi connectivity index (χ1n) is 8.76. The molecule has 2 aromatic rings. The van der Waals surface area contributed by atoms with E-state index in [0.29, 0.717) is 16.1 Å². The Labute approximate surface area is 171 Å². The molecule has 0 fully saturated rings. The monoisotopic (exact) mass is 426 g/mol. The lowest BCUT2D eigenvalue weighted by atomic mass is 10.2.